The first-order valence-electron chi connectivity index (χ1n) is 6.48. The Morgan fingerprint density at radius 3 is 2.68 bits per heavy atom. The highest BCUT2D eigenvalue weighted by molar-refractivity contribution is 5.94. The molecule has 0 aliphatic heterocycles. The molecule has 106 valence electrons. The van der Waals surface area contributed by atoms with Crippen LogP contribution in [0.15, 0.2) is 18.2 Å². The molecule has 1 aromatic rings. The number of hydrogen-bond donors (Lipinski definition) is 2. The summed E-state index contributed by atoms with van der Waals surface area (Å²) < 4.78 is 18.7. The lowest BCUT2D eigenvalue weighted by atomic mass is 9.99. The Labute approximate surface area is 113 Å². The number of nitrogens with one attached hydrogen (secondary N) is 1. The molecular formula is C14H21FN2O2. The van der Waals surface area contributed by atoms with E-state index in [4.69, 9.17) is 10.5 Å². The molecule has 0 aromatic heterocycles. The second-order valence-electron chi connectivity index (χ2n) is 4.48. The van der Waals surface area contributed by atoms with Gasteiger partial charge in [-0.2, -0.15) is 0 Å². The standard InChI is InChI=1S/C14H21FN2O2/c1-4-9(3)13(16)14(18)17-10-6-7-12(19-5-2)11(15)8-10/h6-9,13H,4-5,16H2,1-3H3,(H,17,18)/t9-,13-/m0/s1. The molecule has 3 N–H and O–H groups in total. The van der Waals surface area contributed by atoms with Gasteiger partial charge in [0.15, 0.2) is 11.6 Å². The number of hydrogen-bond acceptors (Lipinski definition) is 3. The molecule has 5 heteroatoms. The number of ether oxygens (including phenoxy) is 1. The number of amides is 1. The topological polar surface area (TPSA) is 64.3 Å². The lowest BCUT2D eigenvalue weighted by molar-refractivity contribution is -0.118. The molecular weight excluding hydrogens is 247 g/mol. The third kappa shape index (κ3) is 4.21. The van der Waals surface area contributed by atoms with Crippen LogP contribution in [0.4, 0.5) is 10.1 Å². The Kier molecular flexibility index (Phi) is 5.76. The number of halogens is 1. The van der Waals surface area contributed by atoms with Gasteiger partial charge in [0.05, 0.1) is 12.6 Å². The van der Waals surface area contributed by atoms with Gasteiger partial charge >= 0.3 is 0 Å². The van der Waals surface area contributed by atoms with E-state index in [-0.39, 0.29) is 17.6 Å². The Morgan fingerprint density at radius 1 is 1.47 bits per heavy atom. The first-order chi connectivity index (χ1) is 8.99. The molecule has 0 aliphatic rings. The Morgan fingerprint density at radius 2 is 2.16 bits per heavy atom. The molecule has 0 saturated carbocycles. The van der Waals surface area contributed by atoms with Crippen molar-refractivity contribution < 1.29 is 13.9 Å². The van der Waals surface area contributed by atoms with Gasteiger partial charge in [0.1, 0.15) is 0 Å². The normalized spacial score (nSPS) is 13.7. The number of nitrogens with two attached hydrogens (primary N) is 1. The minimum atomic E-state index is -0.598. The van der Waals surface area contributed by atoms with E-state index in [0.29, 0.717) is 12.3 Å². The van der Waals surface area contributed by atoms with Crippen LogP contribution in [0.25, 0.3) is 0 Å². The predicted molar refractivity (Wildman–Crippen MR) is 73.6 cm³/mol. The van der Waals surface area contributed by atoms with Crippen molar-refractivity contribution in [2.75, 3.05) is 11.9 Å². The van der Waals surface area contributed by atoms with Crippen LogP contribution >= 0.6 is 0 Å². The average molecular weight is 268 g/mol. The van der Waals surface area contributed by atoms with Crippen LogP contribution in [0.2, 0.25) is 0 Å². The van der Waals surface area contributed by atoms with Gasteiger partial charge in [0.25, 0.3) is 0 Å². The van der Waals surface area contributed by atoms with Crippen LogP contribution < -0.4 is 15.8 Å². The van der Waals surface area contributed by atoms with Gasteiger partial charge in [0, 0.05) is 11.8 Å². The molecule has 4 nitrogen and oxygen atoms in total. The van der Waals surface area contributed by atoms with Crippen molar-refractivity contribution in [3.8, 4) is 5.75 Å². The maximum absolute atomic E-state index is 13.6. The lowest BCUT2D eigenvalue weighted by Gasteiger charge is -2.18. The van der Waals surface area contributed by atoms with Crippen LogP contribution in [0.5, 0.6) is 5.75 Å². The zero-order valence-electron chi connectivity index (χ0n) is 11.6. The fourth-order valence-corrected chi connectivity index (χ4v) is 1.59. The molecule has 0 radical (unpaired) electrons. The number of benzene rings is 1. The Bertz CT molecular complexity index is 437. The van der Waals surface area contributed by atoms with Crippen molar-refractivity contribution in [2.24, 2.45) is 11.7 Å². The van der Waals surface area contributed by atoms with Crippen LogP contribution in [0.3, 0.4) is 0 Å². The molecule has 0 spiro atoms. The van der Waals surface area contributed by atoms with E-state index in [1.807, 2.05) is 13.8 Å². The summed E-state index contributed by atoms with van der Waals surface area (Å²) in [6.07, 6.45) is 0.812. The molecule has 0 saturated heterocycles. The van der Waals surface area contributed by atoms with E-state index in [1.54, 1.807) is 13.0 Å². The van der Waals surface area contributed by atoms with Crippen LogP contribution in [-0.4, -0.2) is 18.6 Å². The van der Waals surface area contributed by atoms with Gasteiger partial charge in [-0.15, -0.1) is 0 Å². The molecule has 0 aliphatic carbocycles. The molecule has 0 bridgehead atoms. The van der Waals surface area contributed by atoms with Crippen LogP contribution in [-0.2, 0) is 4.79 Å². The smallest absolute Gasteiger partial charge is 0.241 e. The second kappa shape index (κ2) is 7.09. The quantitative estimate of drug-likeness (QED) is 0.833. The van der Waals surface area contributed by atoms with E-state index in [9.17, 15) is 9.18 Å². The molecule has 2 atom stereocenters. The maximum atomic E-state index is 13.6. The van der Waals surface area contributed by atoms with Crippen molar-refractivity contribution >= 4 is 11.6 Å². The van der Waals surface area contributed by atoms with Gasteiger partial charge in [-0.05, 0) is 25.0 Å². The van der Waals surface area contributed by atoms with E-state index in [1.165, 1.54) is 12.1 Å². The summed E-state index contributed by atoms with van der Waals surface area (Å²) in [5.41, 5.74) is 6.18. The Balaban J connectivity index is 2.72. The number of rotatable bonds is 6. The highest BCUT2D eigenvalue weighted by Crippen LogP contribution is 2.21. The fraction of sp³-hybridized carbons (Fsp3) is 0.500. The lowest BCUT2D eigenvalue weighted by Crippen LogP contribution is -2.40. The van der Waals surface area contributed by atoms with Crippen molar-refractivity contribution in [3.05, 3.63) is 24.0 Å². The summed E-state index contributed by atoms with van der Waals surface area (Å²) >= 11 is 0. The van der Waals surface area contributed by atoms with E-state index < -0.39 is 11.9 Å². The average Bonchev–Trinajstić information content (AvgIpc) is 2.40. The zero-order valence-corrected chi connectivity index (χ0v) is 11.6. The summed E-state index contributed by atoms with van der Waals surface area (Å²) in [7, 11) is 0. The third-order valence-electron chi connectivity index (χ3n) is 3.06. The van der Waals surface area contributed by atoms with E-state index in [0.717, 1.165) is 6.42 Å². The molecule has 1 aromatic carbocycles. The molecule has 1 amide bonds. The van der Waals surface area contributed by atoms with Gasteiger partial charge in [-0.25, -0.2) is 4.39 Å². The minimum Gasteiger partial charge on any atom is -0.491 e. The van der Waals surface area contributed by atoms with Gasteiger partial charge in [-0.1, -0.05) is 20.3 Å². The first kappa shape index (κ1) is 15.4. The van der Waals surface area contributed by atoms with Crippen molar-refractivity contribution in [1.29, 1.82) is 0 Å². The second-order valence-corrected chi connectivity index (χ2v) is 4.48. The Hall–Kier alpha value is -1.62. The third-order valence-corrected chi connectivity index (χ3v) is 3.06. The minimum absolute atomic E-state index is 0.0764. The molecule has 0 unspecified atom stereocenters. The zero-order chi connectivity index (χ0) is 14.4. The summed E-state index contributed by atoms with van der Waals surface area (Å²) in [6, 6.07) is 3.71. The van der Waals surface area contributed by atoms with Gasteiger partial charge in [0.2, 0.25) is 5.91 Å². The van der Waals surface area contributed by atoms with Crippen molar-refractivity contribution in [3.63, 3.8) is 0 Å². The molecule has 0 heterocycles. The maximum Gasteiger partial charge on any atom is 0.241 e. The highest BCUT2D eigenvalue weighted by atomic mass is 19.1. The van der Waals surface area contributed by atoms with Gasteiger partial charge in [-0.3, -0.25) is 4.79 Å². The molecule has 0 fully saturated rings. The fourth-order valence-electron chi connectivity index (χ4n) is 1.59. The number of carbonyl (C=O) groups excluding carboxylic acids is 1. The van der Waals surface area contributed by atoms with E-state index in [2.05, 4.69) is 5.32 Å². The summed E-state index contributed by atoms with van der Waals surface area (Å²) in [5.74, 6) is -0.561. The highest BCUT2D eigenvalue weighted by Gasteiger charge is 2.19. The largest absolute Gasteiger partial charge is 0.491 e. The molecule has 19 heavy (non-hydrogen) atoms. The SMILES string of the molecule is CCOc1ccc(NC(=O)[C@@H](N)[C@@H](C)CC)cc1F. The van der Waals surface area contributed by atoms with Crippen LogP contribution in [0.1, 0.15) is 27.2 Å². The predicted octanol–water partition coefficient (Wildman–Crippen LogP) is 2.54. The number of anilines is 1. The van der Waals surface area contributed by atoms with Crippen molar-refractivity contribution in [2.45, 2.75) is 33.2 Å². The van der Waals surface area contributed by atoms with Crippen LogP contribution in [0, 0.1) is 11.7 Å². The number of carbonyl (C=O) groups is 1. The summed E-state index contributed by atoms with van der Waals surface area (Å²) in [5, 5.41) is 2.61. The summed E-state index contributed by atoms with van der Waals surface area (Å²) in [4.78, 5) is 11.8. The summed E-state index contributed by atoms with van der Waals surface area (Å²) in [6.45, 7) is 6.04. The molecule has 1 rings (SSSR count). The first-order valence-corrected chi connectivity index (χ1v) is 6.48. The van der Waals surface area contributed by atoms with Crippen molar-refractivity contribution in [1.82, 2.24) is 0 Å². The monoisotopic (exact) mass is 268 g/mol. The van der Waals surface area contributed by atoms with Gasteiger partial charge < -0.3 is 15.8 Å². The van der Waals surface area contributed by atoms with E-state index >= 15 is 0 Å².